The molecule has 7 nitrogen and oxygen atoms in total. The fraction of sp³-hybridized carbons (Fsp3) is 0.0588. The van der Waals surface area contributed by atoms with Gasteiger partial charge in [-0.1, -0.05) is 0 Å². The Kier molecular flexibility index (Phi) is 2.96. The van der Waals surface area contributed by atoms with Crippen LogP contribution in [0.5, 0.6) is 5.75 Å². The lowest BCUT2D eigenvalue weighted by Crippen LogP contribution is -2.20. The van der Waals surface area contributed by atoms with Crippen LogP contribution in [0.4, 0.5) is 5.69 Å². The van der Waals surface area contributed by atoms with Gasteiger partial charge in [0.2, 0.25) is 0 Å². The zero-order valence-corrected chi connectivity index (χ0v) is 12.8. The fourth-order valence-electron chi connectivity index (χ4n) is 2.73. The third kappa shape index (κ3) is 1.98. The van der Waals surface area contributed by atoms with Gasteiger partial charge in [-0.3, -0.25) is 4.79 Å². The highest BCUT2D eigenvalue weighted by atomic mass is 16.5. The summed E-state index contributed by atoms with van der Waals surface area (Å²) in [6.07, 6.45) is 0. The van der Waals surface area contributed by atoms with Gasteiger partial charge >= 0.3 is 5.56 Å². The molecule has 0 unspecified atom stereocenters. The van der Waals surface area contributed by atoms with Gasteiger partial charge < -0.3 is 15.7 Å². The normalized spacial score (nSPS) is 11.2. The maximum absolute atomic E-state index is 12.4. The second-order valence-electron chi connectivity index (χ2n) is 5.42. The Bertz CT molecular complexity index is 1130. The largest absolute Gasteiger partial charge is 0.497 e. The van der Waals surface area contributed by atoms with Gasteiger partial charge in [-0.15, -0.1) is 4.73 Å². The summed E-state index contributed by atoms with van der Waals surface area (Å²) in [6, 6.07) is 14.0. The summed E-state index contributed by atoms with van der Waals surface area (Å²) in [6.45, 7) is 0. The highest BCUT2D eigenvalue weighted by Gasteiger charge is 2.14. The zero-order chi connectivity index (χ0) is 16.8. The number of rotatable bonds is 2. The molecule has 0 aliphatic rings. The van der Waals surface area contributed by atoms with Crippen molar-refractivity contribution in [3.8, 4) is 17.0 Å². The van der Waals surface area contributed by atoms with Crippen molar-refractivity contribution < 1.29 is 9.94 Å². The number of ether oxygens (including phenoxy) is 1. The molecule has 0 spiro atoms. The number of nitrogens with two attached hydrogens (primary N) is 1. The Labute approximate surface area is 136 Å². The number of aromatic nitrogens is 3. The Balaban J connectivity index is 2.02. The molecule has 0 saturated heterocycles. The molecule has 2 heterocycles. The Morgan fingerprint density at radius 1 is 1.04 bits per heavy atom. The number of hydrogen-bond acceptors (Lipinski definition) is 5. The molecule has 0 aliphatic carbocycles. The third-order valence-corrected chi connectivity index (χ3v) is 3.96. The summed E-state index contributed by atoms with van der Waals surface area (Å²) in [5, 5.41) is 14.6. The van der Waals surface area contributed by atoms with E-state index in [-0.39, 0.29) is 5.52 Å². The van der Waals surface area contributed by atoms with Crippen molar-refractivity contribution >= 4 is 22.2 Å². The lowest BCUT2D eigenvalue weighted by Gasteiger charge is -2.06. The summed E-state index contributed by atoms with van der Waals surface area (Å²) in [4.78, 5) is 12.4. The number of hydrogen-bond donors (Lipinski definition) is 2. The Morgan fingerprint density at radius 2 is 1.79 bits per heavy atom. The summed E-state index contributed by atoms with van der Waals surface area (Å²) in [5.74, 6) is 0.737. The maximum atomic E-state index is 12.4. The van der Waals surface area contributed by atoms with Crippen molar-refractivity contribution in [1.82, 2.24) is 14.3 Å². The van der Waals surface area contributed by atoms with Crippen molar-refractivity contribution in [2.24, 2.45) is 0 Å². The predicted molar refractivity (Wildman–Crippen MR) is 90.5 cm³/mol. The Hall–Kier alpha value is -3.48. The predicted octanol–water partition coefficient (Wildman–Crippen LogP) is 2.14. The number of anilines is 1. The molecule has 4 aromatic rings. The van der Waals surface area contributed by atoms with E-state index < -0.39 is 5.56 Å². The van der Waals surface area contributed by atoms with Gasteiger partial charge in [-0.2, -0.15) is 5.10 Å². The molecular formula is C17H14N4O3. The minimum absolute atomic E-state index is 0.278. The van der Waals surface area contributed by atoms with Gasteiger partial charge in [0.25, 0.3) is 0 Å². The average Bonchev–Trinajstić information content (AvgIpc) is 3.05. The van der Waals surface area contributed by atoms with Gasteiger partial charge in [-0.25, -0.2) is 4.52 Å². The van der Waals surface area contributed by atoms with Gasteiger partial charge in [0.15, 0.2) is 0 Å². The quantitative estimate of drug-likeness (QED) is 0.435. The molecular weight excluding hydrogens is 308 g/mol. The molecule has 0 fully saturated rings. The summed E-state index contributed by atoms with van der Waals surface area (Å²) >= 11 is 0. The number of methoxy groups -OCH3 is 1. The average molecular weight is 322 g/mol. The lowest BCUT2D eigenvalue weighted by atomic mass is 10.1. The van der Waals surface area contributed by atoms with Crippen molar-refractivity contribution in [2.45, 2.75) is 0 Å². The summed E-state index contributed by atoms with van der Waals surface area (Å²) in [5.41, 5.74) is 8.27. The molecule has 0 aliphatic heterocycles. The van der Waals surface area contributed by atoms with E-state index in [1.807, 2.05) is 24.3 Å². The van der Waals surface area contributed by atoms with Crippen molar-refractivity contribution in [1.29, 1.82) is 0 Å². The van der Waals surface area contributed by atoms with Gasteiger partial charge in [0, 0.05) is 11.3 Å². The first-order chi connectivity index (χ1) is 11.6. The topological polar surface area (TPSA) is 94.8 Å². The van der Waals surface area contributed by atoms with Crippen LogP contribution in [0, 0.1) is 0 Å². The molecule has 0 amide bonds. The van der Waals surface area contributed by atoms with Crippen LogP contribution in [-0.4, -0.2) is 26.7 Å². The van der Waals surface area contributed by atoms with Gasteiger partial charge in [0.05, 0.1) is 18.3 Å². The van der Waals surface area contributed by atoms with E-state index in [0.29, 0.717) is 27.1 Å². The minimum atomic E-state index is -0.555. The molecule has 0 radical (unpaired) electrons. The van der Waals surface area contributed by atoms with Crippen LogP contribution in [0.3, 0.4) is 0 Å². The molecule has 0 atom stereocenters. The SMILES string of the molecule is COc1ccc(-c2cc3c(=O)n(O)c4cc(N)ccc4n3n2)cc1. The molecule has 120 valence electrons. The zero-order valence-electron chi connectivity index (χ0n) is 12.8. The first kappa shape index (κ1) is 14.1. The minimum Gasteiger partial charge on any atom is -0.497 e. The number of nitrogens with zero attached hydrogens (tertiary/aromatic N) is 3. The lowest BCUT2D eigenvalue weighted by molar-refractivity contribution is 0.189. The van der Waals surface area contributed by atoms with Crippen LogP contribution in [0.15, 0.2) is 53.3 Å². The molecule has 3 N–H and O–H groups in total. The highest BCUT2D eigenvalue weighted by Crippen LogP contribution is 2.24. The van der Waals surface area contributed by atoms with E-state index in [9.17, 15) is 10.0 Å². The molecule has 2 aromatic carbocycles. The van der Waals surface area contributed by atoms with Gasteiger partial charge in [-0.05, 0) is 48.5 Å². The molecule has 0 bridgehead atoms. The first-order valence-electron chi connectivity index (χ1n) is 7.26. The van der Waals surface area contributed by atoms with E-state index in [4.69, 9.17) is 10.5 Å². The summed E-state index contributed by atoms with van der Waals surface area (Å²) < 4.78 is 7.26. The second kappa shape index (κ2) is 5.02. The molecule has 7 heteroatoms. The monoisotopic (exact) mass is 322 g/mol. The van der Waals surface area contributed by atoms with Crippen LogP contribution in [0.2, 0.25) is 0 Å². The van der Waals surface area contributed by atoms with Gasteiger partial charge in [0.1, 0.15) is 16.8 Å². The van der Waals surface area contributed by atoms with E-state index in [1.165, 1.54) is 10.6 Å². The van der Waals surface area contributed by atoms with Crippen molar-refractivity contribution in [3.63, 3.8) is 0 Å². The van der Waals surface area contributed by atoms with Crippen molar-refractivity contribution in [3.05, 3.63) is 58.9 Å². The van der Waals surface area contributed by atoms with E-state index in [1.54, 1.807) is 25.3 Å². The molecule has 4 rings (SSSR count). The van der Waals surface area contributed by atoms with E-state index >= 15 is 0 Å². The molecule has 24 heavy (non-hydrogen) atoms. The van der Waals surface area contributed by atoms with Crippen LogP contribution >= 0.6 is 0 Å². The van der Waals surface area contributed by atoms with E-state index in [2.05, 4.69) is 5.10 Å². The van der Waals surface area contributed by atoms with Crippen LogP contribution in [0.25, 0.3) is 27.8 Å². The molecule has 0 saturated carbocycles. The Morgan fingerprint density at radius 3 is 2.50 bits per heavy atom. The van der Waals surface area contributed by atoms with Crippen LogP contribution in [0.1, 0.15) is 0 Å². The highest BCUT2D eigenvalue weighted by molar-refractivity contribution is 5.82. The standard InChI is InChI=1S/C17H14N4O3/c1-24-12-5-2-10(3-6-12)13-9-16-17(22)21(23)15-8-11(18)4-7-14(15)20(16)19-13/h2-9,23H,18H2,1H3. The molecule has 2 aromatic heterocycles. The number of fused-ring (bicyclic) bond motifs is 3. The smallest absolute Gasteiger partial charge is 0.309 e. The van der Waals surface area contributed by atoms with Crippen LogP contribution in [-0.2, 0) is 0 Å². The van der Waals surface area contributed by atoms with Crippen LogP contribution < -0.4 is 16.0 Å². The maximum Gasteiger partial charge on any atom is 0.309 e. The first-order valence-corrected chi connectivity index (χ1v) is 7.26. The second-order valence-corrected chi connectivity index (χ2v) is 5.42. The third-order valence-electron chi connectivity index (χ3n) is 3.96. The summed E-state index contributed by atoms with van der Waals surface area (Å²) in [7, 11) is 1.60. The number of benzene rings is 2. The van der Waals surface area contributed by atoms with Crippen molar-refractivity contribution in [2.75, 3.05) is 12.8 Å². The number of nitrogen functional groups attached to an aromatic ring is 1. The van der Waals surface area contributed by atoms with E-state index in [0.717, 1.165) is 11.3 Å². The fourth-order valence-corrected chi connectivity index (χ4v) is 2.73.